The van der Waals surface area contributed by atoms with Crippen LogP contribution in [0.3, 0.4) is 0 Å². The first-order valence-corrected chi connectivity index (χ1v) is 16.2. The van der Waals surface area contributed by atoms with Crippen LogP contribution in [0, 0.1) is 5.92 Å². The molecule has 1 N–H and O–H groups in total. The number of likely N-dealkylation sites (tertiary alicyclic amines) is 1. The number of hydrogen-bond acceptors (Lipinski definition) is 7. The van der Waals surface area contributed by atoms with Gasteiger partial charge in [0.15, 0.2) is 0 Å². The second-order valence-electron chi connectivity index (χ2n) is 13.2. The number of pyridine rings is 1. The predicted octanol–water partition coefficient (Wildman–Crippen LogP) is 7.85. The lowest BCUT2D eigenvalue weighted by atomic mass is 9.93. The number of nitrogens with one attached hydrogen (secondary N) is 1. The molecule has 0 unspecified atom stereocenters. The molecule has 3 heterocycles. The number of carbonyl (C=O) groups excluding carboxylic acids is 1. The van der Waals surface area contributed by atoms with Gasteiger partial charge >= 0.3 is 6.09 Å². The topological polar surface area (TPSA) is 90.7 Å². The van der Waals surface area contributed by atoms with Gasteiger partial charge in [-0.25, -0.2) is 4.79 Å². The van der Waals surface area contributed by atoms with Gasteiger partial charge in [0.1, 0.15) is 24.5 Å². The van der Waals surface area contributed by atoms with E-state index in [1.54, 1.807) is 0 Å². The molecule has 9 nitrogen and oxygen atoms in total. The normalized spacial score (nSPS) is 16.6. The number of aryl methyl sites for hydroxylation is 1. The summed E-state index contributed by atoms with van der Waals surface area (Å²) in [6.07, 6.45) is 0.589. The number of rotatable bonds is 9. The summed E-state index contributed by atoms with van der Waals surface area (Å²) in [6, 6.07) is 30.5. The fourth-order valence-corrected chi connectivity index (χ4v) is 5.86. The number of fused-ring (bicyclic) bond motifs is 1. The first-order valence-electron chi connectivity index (χ1n) is 16.2. The van der Waals surface area contributed by atoms with Crippen LogP contribution in [-0.2, 0) is 25.0 Å². The van der Waals surface area contributed by atoms with Gasteiger partial charge in [0.05, 0.1) is 11.1 Å². The smallest absolute Gasteiger partial charge is 0.410 e. The molecule has 0 bridgehead atoms. The van der Waals surface area contributed by atoms with E-state index in [1.165, 1.54) is 0 Å². The molecule has 1 saturated heterocycles. The summed E-state index contributed by atoms with van der Waals surface area (Å²) in [7, 11) is 1.95. The van der Waals surface area contributed by atoms with Crippen LogP contribution in [0.25, 0.3) is 22.2 Å². The third-order valence-electron chi connectivity index (χ3n) is 8.30. The molecule has 244 valence electrons. The van der Waals surface area contributed by atoms with E-state index in [2.05, 4.69) is 30.4 Å². The summed E-state index contributed by atoms with van der Waals surface area (Å²) >= 11 is 0. The van der Waals surface area contributed by atoms with E-state index in [0.717, 1.165) is 45.4 Å². The molecule has 1 fully saturated rings. The average molecular weight is 634 g/mol. The lowest BCUT2D eigenvalue weighted by Gasteiger charge is -2.38. The van der Waals surface area contributed by atoms with Gasteiger partial charge in [-0.1, -0.05) is 67.6 Å². The monoisotopic (exact) mass is 633 g/mol. The minimum absolute atomic E-state index is 0.226. The van der Waals surface area contributed by atoms with Gasteiger partial charge in [0.25, 0.3) is 0 Å². The third kappa shape index (κ3) is 7.85. The van der Waals surface area contributed by atoms with Crippen molar-refractivity contribution in [3.05, 3.63) is 102 Å². The second-order valence-corrected chi connectivity index (χ2v) is 13.2. The summed E-state index contributed by atoms with van der Waals surface area (Å²) in [4.78, 5) is 19.2. The van der Waals surface area contributed by atoms with Crippen molar-refractivity contribution in [3.8, 4) is 23.0 Å². The number of hydrogen-bond donors (Lipinski definition) is 1. The first-order chi connectivity index (χ1) is 22.6. The molecule has 9 heteroatoms. The summed E-state index contributed by atoms with van der Waals surface area (Å²) in [5.74, 6) is 1.21. The van der Waals surface area contributed by atoms with Crippen LogP contribution < -0.4 is 14.8 Å². The van der Waals surface area contributed by atoms with Crippen molar-refractivity contribution in [3.63, 3.8) is 0 Å². The van der Waals surface area contributed by atoms with Crippen molar-refractivity contribution in [1.82, 2.24) is 19.7 Å². The van der Waals surface area contributed by atoms with Crippen molar-refractivity contribution < 1.29 is 19.0 Å². The number of benzene rings is 3. The van der Waals surface area contributed by atoms with Gasteiger partial charge in [-0.2, -0.15) is 10.1 Å². The Bertz CT molecular complexity index is 1820. The van der Waals surface area contributed by atoms with Crippen LogP contribution in [-0.4, -0.2) is 50.5 Å². The molecule has 2 atom stereocenters. The lowest BCUT2D eigenvalue weighted by Crippen LogP contribution is -2.48. The molecule has 3 aromatic carbocycles. The Hall–Kier alpha value is -5.05. The highest BCUT2D eigenvalue weighted by molar-refractivity contribution is 5.96. The number of ether oxygens (including phenoxy) is 3. The lowest BCUT2D eigenvalue weighted by molar-refractivity contribution is 0.0165. The Labute approximate surface area is 276 Å². The first kappa shape index (κ1) is 31.9. The molecular weight excluding hydrogens is 590 g/mol. The molecule has 0 saturated carbocycles. The molecule has 1 amide bonds. The minimum Gasteiger partial charge on any atom is -0.473 e. The van der Waals surface area contributed by atoms with Gasteiger partial charge in [0, 0.05) is 43.3 Å². The highest BCUT2D eigenvalue weighted by Crippen LogP contribution is 2.36. The highest BCUT2D eigenvalue weighted by Gasteiger charge is 2.31. The van der Waals surface area contributed by atoms with E-state index in [0.29, 0.717) is 38.1 Å². The zero-order chi connectivity index (χ0) is 33.0. The molecule has 0 spiro atoms. The van der Waals surface area contributed by atoms with Gasteiger partial charge in [-0.3, -0.25) is 4.68 Å². The van der Waals surface area contributed by atoms with Crippen molar-refractivity contribution in [2.75, 3.05) is 18.4 Å². The SMILES string of the molecule is C[C@@H]1CN(C(=O)OC(C)(C)C)CC[C@H]1Nc1ccc2c(-c3ccc(OCc4ccccc4)nc3OCc3ccccc3)nn(C)c2c1. The molecule has 5 aromatic rings. The standard InChI is InChI=1S/C38H43N5O4/c1-26-23-43(37(44)47-38(2,3)4)21-20-32(26)39-29-16-17-30-33(22-29)42(5)41-35(30)31-18-19-34(45-24-27-12-8-6-9-13-27)40-36(31)46-25-28-14-10-7-11-15-28/h6-19,22,26,32,39H,20-21,23-25H2,1-5H3/t26-,32-/m1/s1. The van der Waals surface area contributed by atoms with Gasteiger partial charge < -0.3 is 24.4 Å². The number of anilines is 1. The Kier molecular flexibility index (Phi) is 9.33. The molecule has 6 rings (SSSR count). The van der Waals surface area contributed by atoms with Crippen LogP contribution >= 0.6 is 0 Å². The van der Waals surface area contributed by atoms with Gasteiger partial charge in [-0.05, 0) is 68.5 Å². The van der Waals surface area contributed by atoms with Gasteiger partial charge in [0.2, 0.25) is 11.8 Å². The third-order valence-corrected chi connectivity index (χ3v) is 8.30. The molecule has 0 radical (unpaired) electrons. The van der Waals surface area contributed by atoms with Crippen molar-refractivity contribution >= 4 is 22.7 Å². The quantitative estimate of drug-likeness (QED) is 0.177. The largest absolute Gasteiger partial charge is 0.473 e. The zero-order valence-corrected chi connectivity index (χ0v) is 27.8. The van der Waals surface area contributed by atoms with E-state index in [1.807, 2.05) is 110 Å². The summed E-state index contributed by atoms with van der Waals surface area (Å²) in [6.45, 7) is 9.94. The van der Waals surface area contributed by atoms with Crippen molar-refractivity contribution in [2.45, 2.75) is 59.0 Å². The predicted molar refractivity (Wildman–Crippen MR) is 184 cm³/mol. The molecule has 1 aliphatic rings. The second kappa shape index (κ2) is 13.7. The van der Waals surface area contributed by atoms with Crippen molar-refractivity contribution in [2.24, 2.45) is 13.0 Å². The average Bonchev–Trinajstić information content (AvgIpc) is 3.39. The van der Waals surface area contributed by atoms with E-state index in [9.17, 15) is 4.79 Å². The Morgan fingerprint density at radius 3 is 2.26 bits per heavy atom. The van der Waals surface area contributed by atoms with E-state index in [4.69, 9.17) is 24.3 Å². The zero-order valence-electron chi connectivity index (χ0n) is 27.8. The maximum absolute atomic E-state index is 12.6. The number of carbonyl (C=O) groups is 1. The number of piperidine rings is 1. The van der Waals surface area contributed by atoms with E-state index in [-0.39, 0.29) is 18.1 Å². The van der Waals surface area contributed by atoms with Gasteiger partial charge in [-0.15, -0.1) is 0 Å². The molecule has 47 heavy (non-hydrogen) atoms. The maximum atomic E-state index is 12.6. The Balaban J connectivity index is 1.22. The van der Waals surface area contributed by atoms with E-state index >= 15 is 0 Å². The number of amides is 1. The van der Waals surface area contributed by atoms with Crippen LogP contribution in [0.2, 0.25) is 0 Å². The minimum atomic E-state index is -0.504. The Morgan fingerprint density at radius 2 is 1.60 bits per heavy atom. The molecule has 2 aromatic heterocycles. The van der Waals surface area contributed by atoms with Crippen LogP contribution in [0.4, 0.5) is 10.5 Å². The van der Waals surface area contributed by atoms with Crippen LogP contribution in [0.15, 0.2) is 91.0 Å². The molecular formula is C38H43N5O4. The van der Waals surface area contributed by atoms with Crippen LogP contribution in [0.5, 0.6) is 11.8 Å². The molecule has 0 aliphatic carbocycles. The Morgan fingerprint density at radius 1 is 0.915 bits per heavy atom. The number of nitrogens with zero attached hydrogens (tertiary/aromatic N) is 4. The van der Waals surface area contributed by atoms with Crippen LogP contribution in [0.1, 0.15) is 45.2 Å². The highest BCUT2D eigenvalue weighted by atomic mass is 16.6. The summed E-state index contributed by atoms with van der Waals surface area (Å²) in [5.41, 5.74) is 5.19. The fourth-order valence-electron chi connectivity index (χ4n) is 5.86. The van der Waals surface area contributed by atoms with E-state index < -0.39 is 5.60 Å². The molecule has 1 aliphatic heterocycles. The fraction of sp³-hybridized carbons (Fsp3) is 0.342. The summed E-state index contributed by atoms with van der Waals surface area (Å²) < 4.78 is 19.9. The number of aromatic nitrogens is 3. The maximum Gasteiger partial charge on any atom is 0.410 e. The summed E-state index contributed by atoms with van der Waals surface area (Å²) in [5, 5.41) is 9.64. The van der Waals surface area contributed by atoms with Crippen molar-refractivity contribution in [1.29, 1.82) is 0 Å².